The lowest BCUT2D eigenvalue weighted by Gasteiger charge is -2.49. The molecular weight excluding hydrogens is 682 g/mol. The summed E-state index contributed by atoms with van der Waals surface area (Å²) in [5.41, 5.74) is 0.447. The Morgan fingerprint density at radius 3 is 2.02 bits per heavy atom. The van der Waals surface area contributed by atoms with Gasteiger partial charge in [-0.3, -0.25) is 29.3 Å². The molecule has 5 rings (SSSR count). The fourth-order valence-corrected chi connectivity index (χ4v) is 5.82. The number of fused-ring (bicyclic) bond motifs is 1. The molecular formula is C33H37NO17. The standard InChI is InChI=1S/C33H37NO17/c1-16(35)42-14-24-27(44-17(2)36)29(45-18(3)37)30(46-19(4)38)33(49-24)51-28-25(39)26-23(15-43-31(50-26)20-8-6-5-7-9-20)48-32(28)47-22-12-10-21(11-13-22)34(40)41/h5-13,23-33,39H,14-15H2,1-4H3/t23-,24-,25+,26-,27-,28-,29+,30-,31?,32-,33+/m1/s1. The van der Waals surface area contributed by atoms with Gasteiger partial charge in [-0.2, -0.15) is 0 Å². The van der Waals surface area contributed by atoms with Gasteiger partial charge in [0, 0.05) is 45.4 Å². The number of esters is 4. The van der Waals surface area contributed by atoms with Crippen LogP contribution in [0, 0.1) is 10.1 Å². The highest BCUT2D eigenvalue weighted by Gasteiger charge is 2.57. The van der Waals surface area contributed by atoms with Gasteiger partial charge in [0.1, 0.15) is 36.8 Å². The molecule has 0 saturated carbocycles. The summed E-state index contributed by atoms with van der Waals surface area (Å²) in [6.07, 6.45) is -15.1. The van der Waals surface area contributed by atoms with Gasteiger partial charge in [-0.25, -0.2) is 0 Å². The van der Waals surface area contributed by atoms with E-state index in [0.717, 1.165) is 27.7 Å². The molecule has 0 radical (unpaired) electrons. The van der Waals surface area contributed by atoms with Gasteiger partial charge in [0.15, 0.2) is 37.0 Å². The second-order valence-electron chi connectivity index (χ2n) is 11.7. The van der Waals surface area contributed by atoms with Crippen molar-refractivity contribution in [2.75, 3.05) is 13.2 Å². The average Bonchev–Trinajstić information content (AvgIpc) is 3.08. The molecule has 3 heterocycles. The molecule has 3 aliphatic rings. The molecule has 276 valence electrons. The fourth-order valence-electron chi connectivity index (χ4n) is 5.82. The highest BCUT2D eigenvalue weighted by Crippen LogP contribution is 2.38. The van der Waals surface area contributed by atoms with Crippen LogP contribution in [-0.2, 0) is 61.8 Å². The maximum absolute atomic E-state index is 12.4. The molecule has 18 nitrogen and oxygen atoms in total. The van der Waals surface area contributed by atoms with Crippen molar-refractivity contribution in [1.29, 1.82) is 0 Å². The lowest BCUT2D eigenvalue weighted by molar-refractivity contribution is -0.385. The maximum Gasteiger partial charge on any atom is 0.303 e. The number of rotatable bonds is 11. The molecule has 1 N–H and O–H groups in total. The van der Waals surface area contributed by atoms with Gasteiger partial charge in [0.2, 0.25) is 6.29 Å². The normalized spacial score (nSPS) is 31.7. The molecule has 0 amide bonds. The number of benzene rings is 2. The lowest BCUT2D eigenvalue weighted by atomic mass is 9.96. The van der Waals surface area contributed by atoms with Crippen molar-refractivity contribution in [2.24, 2.45) is 0 Å². The van der Waals surface area contributed by atoms with Crippen molar-refractivity contribution in [3.63, 3.8) is 0 Å². The maximum atomic E-state index is 12.4. The van der Waals surface area contributed by atoms with Crippen molar-refractivity contribution < 1.29 is 76.6 Å². The van der Waals surface area contributed by atoms with Crippen molar-refractivity contribution >= 4 is 29.6 Å². The molecule has 0 aliphatic carbocycles. The van der Waals surface area contributed by atoms with E-state index in [2.05, 4.69) is 0 Å². The Morgan fingerprint density at radius 2 is 1.41 bits per heavy atom. The van der Waals surface area contributed by atoms with Crippen LogP contribution in [0.2, 0.25) is 0 Å². The number of ether oxygens (including phenoxy) is 10. The number of aliphatic hydroxyl groups is 1. The first-order valence-corrected chi connectivity index (χ1v) is 15.8. The zero-order valence-electron chi connectivity index (χ0n) is 27.9. The largest absolute Gasteiger partial charge is 0.463 e. The molecule has 0 aromatic heterocycles. The molecule has 51 heavy (non-hydrogen) atoms. The van der Waals surface area contributed by atoms with Crippen LogP contribution >= 0.6 is 0 Å². The molecule has 11 atom stereocenters. The number of nitrogens with zero attached hydrogens (tertiary/aromatic N) is 1. The highest BCUT2D eigenvalue weighted by molar-refractivity contribution is 5.68. The van der Waals surface area contributed by atoms with Gasteiger partial charge < -0.3 is 52.5 Å². The van der Waals surface area contributed by atoms with Crippen LogP contribution in [0.1, 0.15) is 39.5 Å². The Morgan fingerprint density at radius 1 is 0.784 bits per heavy atom. The predicted octanol–water partition coefficient (Wildman–Crippen LogP) is 1.64. The molecule has 3 saturated heterocycles. The van der Waals surface area contributed by atoms with Crippen molar-refractivity contribution in [3.8, 4) is 5.75 Å². The summed E-state index contributed by atoms with van der Waals surface area (Å²) in [4.78, 5) is 59.2. The molecule has 2 aromatic rings. The number of hydrogen-bond acceptors (Lipinski definition) is 17. The molecule has 3 aliphatic heterocycles. The van der Waals surface area contributed by atoms with Crippen molar-refractivity contribution in [2.45, 2.75) is 95.4 Å². The molecule has 1 unspecified atom stereocenters. The molecule has 2 aromatic carbocycles. The topological polar surface area (TPSA) is 224 Å². The van der Waals surface area contributed by atoms with Gasteiger partial charge in [-0.15, -0.1) is 0 Å². The zero-order valence-corrected chi connectivity index (χ0v) is 27.9. The number of carbonyl (C=O) groups excluding carboxylic acids is 4. The van der Waals surface area contributed by atoms with Gasteiger partial charge in [0.25, 0.3) is 5.69 Å². The van der Waals surface area contributed by atoms with Crippen LogP contribution in [0.15, 0.2) is 54.6 Å². The summed E-state index contributed by atoms with van der Waals surface area (Å²) in [6, 6.07) is 13.9. The third-order valence-corrected chi connectivity index (χ3v) is 7.92. The van der Waals surface area contributed by atoms with E-state index in [-0.39, 0.29) is 18.0 Å². The number of aliphatic hydroxyl groups excluding tert-OH is 1. The highest BCUT2D eigenvalue weighted by atomic mass is 16.8. The summed E-state index contributed by atoms with van der Waals surface area (Å²) in [5.74, 6) is -3.17. The van der Waals surface area contributed by atoms with E-state index in [4.69, 9.17) is 47.4 Å². The van der Waals surface area contributed by atoms with Crippen LogP contribution in [0.4, 0.5) is 5.69 Å². The van der Waals surface area contributed by atoms with E-state index in [1.54, 1.807) is 24.3 Å². The minimum Gasteiger partial charge on any atom is -0.463 e. The minimum atomic E-state index is -1.71. The van der Waals surface area contributed by atoms with E-state index in [9.17, 15) is 34.4 Å². The van der Waals surface area contributed by atoms with Crippen molar-refractivity contribution in [3.05, 3.63) is 70.3 Å². The third kappa shape index (κ3) is 9.34. The number of nitro benzene ring substituents is 1. The molecule has 3 fully saturated rings. The second kappa shape index (κ2) is 16.5. The third-order valence-electron chi connectivity index (χ3n) is 7.92. The Kier molecular flexibility index (Phi) is 12.2. The van der Waals surface area contributed by atoms with E-state index in [1.807, 2.05) is 6.07 Å². The van der Waals surface area contributed by atoms with Gasteiger partial charge in [0.05, 0.1) is 11.5 Å². The molecule has 18 heteroatoms. The van der Waals surface area contributed by atoms with E-state index < -0.39 is 103 Å². The predicted molar refractivity (Wildman–Crippen MR) is 165 cm³/mol. The first kappa shape index (κ1) is 37.5. The molecule has 0 spiro atoms. The van der Waals surface area contributed by atoms with Gasteiger partial charge in [-0.05, 0) is 12.1 Å². The Labute approximate surface area is 290 Å². The number of hydrogen-bond donors (Lipinski definition) is 1. The van der Waals surface area contributed by atoms with Crippen LogP contribution in [-0.4, -0.2) is 109 Å². The molecule has 0 bridgehead atoms. The van der Waals surface area contributed by atoms with Crippen LogP contribution in [0.5, 0.6) is 5.75 Å². The van der Waals surface area contributed by atoms with Crippen LogP contribution in [0.25, 0.3) is 0 Å². The number of carbonyl (C=O) groups is 4. The van der Waals surface area contributed by atoms with E-state index in [0.29, 0.717) is 5.56 Å². The lowest BCUT2D eigenvalue weighted by Crippen LogP contribution is -2.67. The van der Waals surface area contributed by atoms with Crippen LogP contribution in [0.3, 0.4) is 0 Å². The van der Waals surface area contributed by atoms with E-state index in [1.165, 1.54) is 24.3 Å². The monoisotopic (exact) mass is 719 g/mol. The SMILES string of the molecule is CC(=O)OC[C@H]1O[C@@H](O[C@H]2[C@H](Oc3ccc([N+](=O)[O-])cc3)O[C@@H]3COC(c4ccccc4)O[C@H]3[C@@H]2O)[C@H](OC(C)=O)[C@@H](OC(C)=O)[C@@H]1OC(C)=O. The number of non-ortho nitro benzene ring substituents is 1. The first-order chi connectivity index (χ1) is 24.3. The summed E-state index contributed by atoms with van der Waals surface area (Å²) in [7, 11) is 0. The summed E-state index contributed by atoms with van der Waals surface area (Å²) < 4.78 is 58.2. The van der Waals surface area contributed by atoms with Crippen LogP contribution < -0.4 is 4.74 Å². The summed E-state index contributed by atoms with van der Waals surface area (Å²) in [5, 5.41) is 23.1. The Balaban J connectivity index is 1.50. The number of nitro groups is 1. The minimum absolute atomic E-state index is 0.0484. The second-order valence-corrected chi connectivity index (χ2v) is 11.7. The van der Waals surface area contributed by atoms with Crippen molar-refractivity contribution in [1.82, 2.24) is 0 Å². The fraction of sp³-hybridized carbons (Fsp3) is 0.515. The average molecular weight is 720 g/mol. The quantitative estimate of drug-likeness (QED) is 0.151. The van der Waals surface area contributed by atoms with Gasteiger partial charge in [-0.1, -0.05) is 30.3 Å². The summed E-state index contributed by atoms with van der Waals surface area (Å²) >= 11 is 0. The van der Waals surface area contributed by atoms with Gasteiger partial charge >= 0.3 is 23.9 Å². The summed E-state index contributed by atoms with van der Waals surface area (Å²) in [6.45, 7) is 3.78. The zero-order chi connectivity index (χ0) is 36.8. The Bertz CT molecular complexity index is 1550. The van der Waals surface area contributed by atoms with E-state index >= 15 is 0 Å². The smallest absolute Gasteiger partial charge is 0.303 e. The first-order valence-electron chi connectivity index (χ1n) is 15.8. The Hall–Kier alpha value is -4.72.